The number of benzene rings is 2. The highest BCUT2D eigenvalue weighted by molar-refractivity contribution is 5.97. The quantitative estimate of drug-likeness (QED) is 0.864. The van der Waals surface area contributed by atoms with Crippen LogP contribution in [-0.2, 0) is 4.79 Å². The van der Waals surface area contributed by atoms with Crippen molar-refractivity contribution in [3.63, 3.8) is 0 Å². The first-order chi connectivity index (χ1) is 11.1. The summed E-state index contributed by atoms with van der Waals surface area (Å²) in [5, 5.41) is 10.4. The van der Waals surface area contributed by atoms with Crippen molar-refractivity contribution in [3.05, 3.63) is 59.7 Å². The number of methoxy groups -OCH3 is 1. The van der Waals surface area contributed by atoms with E-state index in [9.17, 15) is 9.90 Å². The monoisotopic (exact) mass is 309 g/mol. The average Bonchev–Trinajstić information content (AvgIpc) is 2.61. The molecule has 2 rings (SSSR count). The average molecular weight is 309 g/mol. The van der Waals surface area contributed by atoms with Gasteiger partial charge in [0.05, 0.1) is 7.11 Å². The Morgan fingerprint density at radius 1 is 1.30 bits per heavy atom. The van der Waals surface area contributed by atoms with Crippen molar-refractivity contribution in [2.45, 2.75) is 13.0 Å². The molecular weight excluding hydrogens is 290 g/mol. The third kappa shape index (κ3) is 3.71. The van der Waals surface area contributed by atoms with E-state index in [0.29, 0.717) is 29.1 Å². The molecule has 0 spiro atoms. The molecule has 0 aromatic heterocycles. The van der Waals surface area contributed by atoms with Crippen molar-refractivity contribution in [2.24, 2.45) is 0 Å². The minimum atomic E-state index is -1.26. The van der Waals surface area contributed by atoms with Gasteiger partial charge in [0, 0.05) is 17.8 Å². The molecule has 0 aliphatic carbocycles. The van der Waals surface area contributed by atoms with Gasteiger partial charge in [-0.1, -0.05) is 24.1 Å². The predicted molar refractivity (Wildman–Crippen MR) is 90.4 cm³/mol. The van der Waals surface area contributed by atoms with Crippen LogP contribution in [-0.4, -0.2) is 24.7 Å². The standard InChI is InChI=1S/C19H19NO3/c1-4-14-8-6-10-16(12-14)20(5-2)19(22)18(21)15-9-7-11-17(13-15)23-3/h1,6-13,18,21H,5H2,2-3H3. The first-order valence-electron chi connectivity index (χ1n) is 7.30. The van der Waals surface area contributed by atoms with Gasteiger partial charge >= 0.3 is 0 Å². The van der Waals surface area contributed by atoms with Crippen molar-refractivity contribution in [2.75, 3.05) is 18.6 Å². The number of anilines is 1. The van der Waals surface area contributed by atoms with Gasteiger partial charge in [-0.25, -0.2) is 0 Å². The summed E-state index contributed by atoms with van der Waals surface area (Å²) in [6.45, 7) is 2.27. The number of aliphatic hydroxyl groups excluding tert-OH is 1. The second kappa shape index (κ2) is 7.48. The van der Waals surface area contributed by atoms with Gasteiger partial charge in [-0.15, -0.1) is 6.42 Å². The fourth-order valence-electron chi connectivity index (χ4n) is 2.33. The van der Waals surface area contributed by atoms with Crippen LogP contribution in [0.15, 0.2) is 48.5 Å². The molecule has 0 bridgehead atoms. The second-order valence-electron chi connectivity index (χ2n) is 4.96. The molecule has 1 atom stereocenters. The topological polar surface area (TPSA) is 49.8 Å². The Balaban J connectivity index is 2.29. The zero-order chi connectivity index (χ0) is 16.8. The van der Waals surface area contributed by atoms with Crippen LogP contribution >= 0.6 is 0 Å². The van der Waals surface area contributed by atoms with Crippen LogP contribution in [0.5, 0.6) is 5.75 Å². The van der Waals surface area contributed by atoms with Crippen LogP contribution < -0.4 is 9.64 Å². The van der Waals surface area contributed by atoms with E-state index < -0.39 is 12.0 Å². The van der Waals surface area contributed by atoms with Crippen molar-refractivity contribution in [3.8, 4) is 18.1 Å². The van der Waals surface area contributed by atoms with Crippen LogP contribution in [0.3, 0.4) is 0 Å². The summed E-state index contributed by atoms with van der Waals surface area (Å²) < 4.78 is 5.13. The Hall–Kier alpha value is -2.77. The van der Waals surface area contributed by atoms with E-state index in [2.05, 4.69) is 5.92 Å². The number of hydrogen-bond donors (Lipinski definition) is 1. The number of terminal acetylenes is 1. The van der Waals surface area contributed by atoms with Gasteiger partial charge in [-0.05, 0) is 42.8 Å². The number of amides is 1. The number of likely N-dealkylation sites (N-methyl/N-ethyl adjacent to an activating group) is 1. The molecule has 0 aliphatic rings. The predicted octanol–water partition coefficient (Wildman–Crippen LogP) is 2.76. The van der Waals surface area contributed by atoms with E-state index in [1.165, 1.54) is 12.0 Å². The van der Waals surface area contributed by atoms with Crippen LogP contribution in [0.25, 0.3) is 0 Å². The molecule has 1 unspecified atom stereocenters. The lowest BCUT2D eigenvalue weighted by molar-refractivity contribution is -0.126. The largest absolute Gasteiger partial charge is 0.497 e. The molecule has 2 aromatic rings. The van der Waals surface area contributed by atoms with Crippen LogP contribution in [0.2, 0.25) is 0 Å². The molecule has 0 fully saturated rings. The molecule has 118 valence electrons. The maximum absolute atomic E-state index is 12.7. The summed E-state index contributed by atoms with van der Waals surface area (Å²) in [5.41, 5.74) is 1.83. The molecule has 0 heterocycles. The zero-order valence-electron chi connectivity index (χ0n) is 13.2. The molecule has 4 heteroatoms. The first-order valence-corrected chi connectivity index (χ1v) is 7.30. The maximum Gasteiger partial charge on any atom is 0.260 e. The molecular formula is C19H19NO3. The van der Waals surface area contributed by atoms with Crippen molar-refractivity contribution < 1.29 is 14.6 Å². The molecule has 0 aliphatic heterocycles. The van der Waals surface area contributed by atoms with E-state index >= 15 is 0 Å². The highest BCUT2D eigenvalue weighted by Crippen LogP contribution is 2.24. The van der Waals surface area contributed by atoms with Crippen molar-refractivity contribution >= 4 is 11.6 Å². The fourth-order valence-corrected chi connectivity index (χ4v) is 2.33. The minimum absolute atomic E-state index is 0.407. The summed E-state index contributed by atoms with van der Waals surface area (Å²) in [7, 11) is 1.54. The lowest BCUT2D eigenvalue weighted by Crippen LogP contribution is -2.35. The van der Waals surface area contributed by atoms with E-state index in [4.69, 9.17) is 11.2 Å². The highest BCUT2D eigenvalue weighted by Gasteiger charge is 2.24. The van der Waals surface area contributed by atoms with Crippen LogP contribution in [0.4, 0.5) is 5.69 Å². The van der Waals surface area contributed by atoms with Gasteiger partial charge < -0.3 is 14.7 Å². The Bertz CT molecular complexity index is 733. The van der Waals surface area contributed by atoms with Gasteiger partial charge in [0.1, 0.15) is 5.75 Å². The maximum atomic E-state index is 12.7. The van der Waals surface area contributed by atoms with E-state index in [1.807, 2.05) is 6.92 Å². The van der Waals surface area contributed by atoms with Gasteiger partial charge in [-0.2, -0.15) is 0 Å². The highest BCUT2D eigenvalue weighted by atomic mass is 16.5. The summed E-state index contributed by atoms with van der Waals surface area (Å²) in [6, 6.07) is 14.0. The molecule has 0 radical (unpaired) electrons. The van der Waals surface area contributed by atoms with E-state index in [-0.39, 0.29) is 0 Å². The Morgan fingerprint density at radius 2 is 2.04 bits per heavy atom. The second-order valence-corrected chi connectivity index (χ2v) is 4.96. The number of carbonyl (C=O) groups excluding carboxylic acids is 1. The first kappa shape index (κ1) is 16.6. The lowest BCUT2D eigenvalue weighted by Gasteiger charge is -2.24. The van der Waals surface area contributed by atoms with E-state index in [1.54, 1.807) is 48.5 Å². The lowest BCUT2D eigenvalue weighted by atomic mass is 10.1. The van der Waals surface area contributed by atoms with Gasteiger partial charge in [0.2, 0.25) is 0 Å². The number of nitrogens with zero attached hydrogens (tertiary/aromatic N) is 1. The molecule has 4 nitrogen and oxygen atoms in total. The molecule has 0 saturated heterocycles. The number of rotatable bonds is 5. The normalized spacial score (nSPS) is 11.4. The number of carbonyl (C=O) groups is 1. The smallest absolute Gasteiger partial charge is 0.260 e. The van der Waals surface area contributed by atoms with Gasteiger partial charge in [-0.3, -0.25) is 4.79 Å². The molecule has 23 heavy (non-hydrogen) atoms. The van der Waals surface area contributed by atoms with E-state index in [0.717, 1.165) is 0 Å². The number of ether oxygens (including phenoxy) is 1. The summed E-state index contributed by atoms with van der Waals surface area (Å²) >= 11 is 0. The van der Waals surface area contributed by atoms with Crippen LogP contribution in [0, 0.1) is 12.3 Å². The van der Waals surface area contributed by atoms with Crippen molar-refractivity contribution in [1.29, 1.82) is 0 Å². The molecule has 2 aromatic carbocycles. The van der Waals surface area contributed by atoms with Crippen molar-refractivity contribution in [1.82, 2.24) is 0 Å². The summed E-state index contributed by atoms with van der Waals surface area (Å²) in [4.78, 5) is 14.2. The molecule has 0 saturated carbocycles. The number of hydrogen-bond acceptors (Lipinski definition) is 3. The third-order valence-corrected chi connectivity index (χ3v) is 3.55. The zero-order valence-corrected chi connectivity index (χ0v) is 13.2. The SMILES string of the molecule is C#Cc1cccc(N(CC)C(=O)C(O)c2cccc(OC)c2)c1. The number of aliphatic hydroxyl groups is 1. The molecule has 1 amide bonds. The Kier molecular flexibility index (Phi) is 5.40. The Labute approximate surface area is 136 Å². The Morgan fingerprint density at radius 3 is 2.70 bits per heavy atom. The summed E-state index contributed by atoms with van der Waals surface area (Å²) in [6.07, 6.45) is 4.14. The molecule has 1 N–H and O–H groups in total. The van der Waals surface area contributed by atoms with Gasteiger partial charge in [0.25, 0.3) is 5.91 Å². The minimum Gasteiger partial charge on any atom is -0.497 e. The summed E-state index contributed by atoms with van der Waals surface area (Å²) in [5.74, 6) is 2.73. The fraction of sp³-hybridized carbons (Fsp3) is 0.211. The van der Waals surface area contributed by atoms with Gasteiger partial charge in [0.15, 0.2) is 6.10 Å². The third-order valence-electron chi connectivity index (χ3n) is 3.55. The van der Waals surface area contributed by atoms with Crippen LogP contribution in [0.1, 0.15) is 24.2 Å².